The third-order valence-corrected chi connectivity index (χ3v) is 10.8. The highest BCUT2D eigenvalue weighted by Crippen LogP contribution is 2.36. The molecule has 7 rings (SSSR count). The predicted molar refractivity (Wildman–Crippen MR) is 212 cm³/mol. The van der Waals surface area contributed by atoms with Gasteiger partial charge < -0.3 is 39.9 Å². The summed E-state index contributed by atoms with van der Waals surface area (Å²) in [4.78, 5) is 71.3. The van der Waals surface area contributed by atoms with Crippen molar-refractivity contribution in [2.45, 2.75) is 70.1 Å². The highest BCUT2D eigenvalue weighted by atomic mass is 16.5. The zero-order chi connectivity index (χ0) is 39.5. The second-order valence-corrected chi connectivity index (χ2v) is 14.7. The number of alkyl carbamates (subject to hydrolysis) is 2. The molecule has 0 radical (unpaired) electrons. The monoisotopic (exact) mass is 760 g/mol. The first-order chi connectivity index (χ1) is 27.1. The number of hydrogen-bond acceptors (Lipinski definition) is 8. The molecule has 4 unspecified atom stereocenters. The van der Waals surface area contributed by atoms with Gasteiger partial charge in [0.25, 0.3) is 0 Å². The van der Waals surface area contributed by atoms with Gasteiger partial charge in [-0.25, -0.2) is 19.6 Å². The smallest absolute Gasteiger partial charge is 0.407 e. The van der Waals surface area contributed by atoms with E-state index in [1.165, 1.54) is 14.2 Å². The van der Waals surface area contributed by atoms with E-state index in [1.807, 2.05) is 36.9 Å². The van der Waals surface area contributed by atoms with Crippen LogP contribution in [0.25, 0.3) is 44.3 Å². The van der Waals surface area contributed by atoms with Crippen molar-refractivity contribution in [3.8, 4) is 22.3 Å². The Morgan fingerprint density at radius 3 is 1.68 bits per heavy atom. The summed E-state index contributed by atoms with van der Waals surface area (Å²) in [5.74, 6) is 1.01. The van der Waals surface area contributed by atoms with Crippen LogP contribution < -0.4 is 10.6 Å². The van der Waals surface area contributed by atoms with Gasteiger partial charge in [-0.1, -0.05) is 56.3 Å². The number of carbonyl (C=O) groups is 4. The van der Waals surface area contributed by atoms with Crippen LogP contribution in [0.5, 0.6) is 0 Å². The quantitative estimate of drug-likeness (QED) is 0.107. The van der Waals surface area contributed by atoms with E-state index in [9.17, 15) is 19.2 Å². The van der Waals surface area contributed by atoms with Crippen molar-refractivity contribution in [2.24, 2.45) is 5.92 Å². The van der Waals surface area contributed by atoms with Gasteiger partial charge in [0.2, 0.25) is 11.8 Å². The fraction of sp³-hybridized carbons (Fsp3) is 0.381. The van der Waals surface area contributed by atoms with Crippen molar-refractivity contribution in [1.82, 2.24) is 40.4 Å². The van der Waals surface area contributed by atoms with Crippen molar-refractivity contribution in [3.63, 3.8) is 0 Å². The lowest BCUT2D eigenvalue weighted by Crippen LogP contribution is -2.51. The molecular weight excluding hydrogens is 713 g/mol. The standard InChI is InChI=1S/C42H48N8O6/c1-6-9-31(47-41(53)55-4)39(51)49-20-7-10-34(49)37-43-29-18-16-27(22-32(29)45-37)25-12-14-26(15-13-25)28-17-19-30-33(23-28)46-38(44-30)35-11-8-21-50(35)40(52)36(24(2)3)48-42(54)56-5/h6,12-19,22-24,31,34-36H,1,7-11,20-21H2,2-5H3,(H,43,45)(H,44,46)(H,47,53)(H,48,54). The summed E-state index contributed by atoms with van der Waals surface area (Å²) in [7, 11) is 2.56. The van der Waals surface area contributed by atoms with Crippen LogP contribution in [0.2, 0.25) is 0 Å². The number of aromatic nitrogens is 4. The number of nitrogens with one attached hydrogen (secondary N) is 4. The first-order valence-corrected chi connectivity index (χ1v) is 19.1. The van der Waals surface area contributed by atoms with Gasteiger partial charge in [0.15, 0.2) is 0 Å². The minimum atomic E-state index is -0.764. The summed E-state index contributed by atoms with van der Waals surface area (Å²) >= 11 is 0. The lowest BCUT2D eigenvalue weighted by atomic mass is 10.00. The summed E-state index contributed by atoms with van der Waals surface area (Å²) in [5, 5.41) is 5.34. The largest absolute Gasteiger partial charge is 0.453 e. The predicted octanol–water partition coefficient (Wildman–Crippen LogP) is 6.78. The zero-order valence-electron chi connectivity index (χ0n) is 32.1. The van der Waals surface area contributed by atoms with Gasteiger partial charge in [-0.3, -0.25) is 9.59 Å². The van der Waals surface area contributed by atoms with E-state index in [-0.39, 0.29) is 29.8 Å². The molecule has 56 heavy (non-hydrogen) atoms. The van der Waals surface area contributed by atoms with Gasteiger partial charge in [-0.05, 0) is 84.5 Å². The lowest BCUT2D eigenvalue weighted by Gasteiger charge is -2.29. The van der Waals surface area contributed by atoms with Crippen LogP contribution in [0.1, 0.15) is 69.7 Å². The number of carbonyl (C=O) groups excluding carboxylic acids is 4. The molecule has 2 saturated heterocycles. The number of aromatic amines is 2. The molecule has 3 aromatic carbocycles. The van der Waals surface area contributed by atoms with E-state index in [1.54, 1.807) is 11.0 Å². The Kier molecular flexibility index (Phi) is 11.1. The fourth-order valence-corrected chi connectivity index (χ4v) is 7.89. The number of ether oxygens (including phenoxy) is 2. The second kappa shape index (κ2) is 16.3. The molecule has 4 atom stereocenters. The molecule has 2 aliphatic heterocycles. The number of amides is 4. The minimum absolute atomic E-state index is 0.110. The van der Waals surface area contributed by atoms with Crippen molar-refractivity contribution in [2.75, 3.05) is 27.3 Å². The molecule has 14 nitrogen and oxygen atoms in total. The number of rotatable bonds is 11. The molecule has 0 bridgehead atoms. The van der Waals surface area contributed by atoms with Gasteiger partial charge in [-0.2, -0.15) is 0 Å². The van der Waals surface area contributed by atoms with E-state index in [2.05, 4.69) is 69.6 Å². The summed E-state index contributed by atoms with van der Waals surface area (Å²) in [6, 6.07) is 18.7. The highest BCUT2D eigenvalue weighted by Gasteiger charge is 2.38. The van der Waals surface area contributed by atoms with Gasteiger partial charge in [0, 0.05) is 13.1 Å². The molecule has 4 heterocycles. The number of benzene rings is 3. The molecule has 0 spiro atoms. The molecule has 2 fully saturated rings. The molecule has 0 saturated carbocycles. The van der Waals surface area contributed by atoms with Crippen molar-refractivity contribution < 1.29 is 28.7 Å². The number of fused-ring (bicyclic) bond motifs is 2. The fourth-order valence-electron chi connectivity index (χ4n) is 7.89. The molecule has 14 heteroatoms. The Bertz CT molecular complexity index is 2260. The maximum Gasteiger partial charge on any atom is 0.407 e. The van der Waals surface area contributed by atoms with Crippen LogP contribution in [-0.2, 0) is 19.1 Å². The van der Waals surface area contributed by atoms with Crippen LogP contribution >= 0.6 is 0 Å². The number of H-pyrrole nitrogens is 2. The molecular formula is C42H48N8O6. The van der Waals surface area contributed by atoms with Crippen LogP contribution in [0.3, 0.4) is 0 Å². The molecule has 2 aliphatic rings. The third kappa shape index (κ3) is 7.68. The van der Waals surface area contributed by atoms with Crippen molar-refractivity contribution in [3.05, 3.63) is 85.0 Å². The Hall–Kier alpha value is -6.18. The maximum atomic E-state index is 13.6. The molecule has 292 valence electrons. The van der Waals surface area contributed by atoms with Crippen LogP contribution in [0.15, 0.2) is 73.3 Å². The normalized spacial score (nSPS) is 17.9. The van der Waals surface area contributed by atoms with Gasteiger partial charge in [-0.15, -0.1) is 6.58 Å². The lowest BCUT2D eigenvalue weighted by molar-refractivity contribution is -0.135. The van der Waals surface area contributed by atoms with E-state index in [0.717, 1.165) is 75.8 Å². The summed E-state index contributed by atoms with van der Waals surface area (Å²) in [5.41, 5.74) is 7.53. The summed E-state index contributed by atoms with van der Waals surface area (Å²) in [6.45, 7) is 8.71. The minimum Gasteiger partial charge on any atom is -0.453 e. The molecule has 4 N–H and O–H groups in total. The Labute approximate surface area is 325 Å². The SMILES string of the molecule is C=CCC(NC(=O)OC)C(=O)N1CCCC1c1nc2ccc(-c3ccc(-c4ccc5nc(C6CCCN6C(=O)C(NC(=O)OC)C(C)C)[nH]c5c4)cc3)cc2[nH]1. The van der Waals surface area contributed by atoms with E-state index in [0.29, 0.717) is 25.3 Å². The van der Waals surface area contributed by atoms with Crippen LogP contribution in [-0.4, -0.2) is 93.1 Å². The summed E-state index contributed by atoms with van der Waals surface area (Å²) < 4.78 is 9.50. The number of hydrogen-bond donors (Lipinski definition) is 4. The molecule has 4 amide bonds. The average molecular weight is 761 g/mol. The van der Waals surface area contributed by atoms with Gasteiger partial charge in [0.1, 0.15) is 23.7 Å². The Morgan fingerprint density at radius 2 is 1.21 bits per heavy atom. The van der Waals surface area contributed by atoms with Crippen LogP contribution in [0, 0.1) is 5.92 Å². The first kappa shape index (κ1) is 38.1. The topological polar surface area (TPSA) is 175 Å². The number of methoxy groups -OCH3 is 2. The number of likely N-dealkylation sites (tertiary alicyclic amines) is 2. The summed E-state index contributed by atoms with van der Waals surface area (Å²) in [6.07, 6.45) is 3.83. The van der Waals surface area contributed by atoms with E-state index >= 15 is 0 Å². The van der Waals surface area contributed by atoms with Crippen molar-refractivity contribution >= 4 is 46.1 Å². The maximum absolute atomic E-state index is 13.6. The van der Waals surface area contributed by atoms with Crippen LogP contribution in [0.4, 0.5) is 9.59 Å². The molecule has 0 aliphatic carbocycles. The average Bonchev–Trinajstić information content (AvgIpc) is 4.04. The number of nitrogens with zero attached hydrogens (tertiary/aromatic N) is 4. The Balaban J connectivity index is 1.06. The first-order valence-electron chi connectivity index (χ1n) is 19.1. The van der Waals surface area contributed by atoms with Gasteiger partial charge in [0.05, 0.1) is 48.4 Å². The highest BCUT2D eigenvalue weighted by molar-refractivity contribution is 5.88. The zero-order valence-corrected chi connectivity index (χ0v) is 32.1. The second-order valence-electron chi connectivity index (χ2n) is 14.7. The Morgan fingerprint density at radius 1 is 0.750 bits per heavy atom. The van der Waals surface area contributed by atoms with Crippen molar-refractivity contribution in [1.29, 1.82) is 0 Å². The van der Waals surface area contributed by atoms with Gasteiger partial charge >= 0.3 is 12.2 Å². The third-order valence-electron chi connectivity index (χ3n) is 10.8. The van der Waals surface area contributed by atoms with E-state index < -0.39 is 24.3 Å². The molecule has 5 aromatic rings. The van der Waals surface area contributed by atoms with E-state index in [4.69, 9.17) is 19.4 Å². The molecule has 2 aromatic heterocycles. The number of imidazole rings is 2.